The van der Waals surface area contributed by atoms with Crippen molar-refractivity contribution < 1.29 is 9.59 Å². The molecule has 6 heteroatoms. The summed E-state index contributed by atoms with van der Waals surface area (Å²) in [7, 11) is 0. The summed E-state index contributed by atoms with van der Waals surface area (Å²) >= 11 is 1.67. The molecule has 2 rings (SSSR count). The molecular formula is C18H27N3O2S. The van der Waals surface area contributed by atoms with Crippen LogP contribution in [0.25, 0.3) is 0 Å². The lowest BCUT2D eigenvalue weighted by Crippen LogP contribution is -2.48. The fourth-order valence-corrected chi connectivity index (χ4v) is 3.55. The van der Waals surface area contributed by atoms with Crippen LogP contribution in [0.3, 0.4) is 0 Å². The molecule has 0 aliphatic carbocycles. The van der Waals surface area contributed by atoms with Crippen molar-refractivity contribution in [2.75, 3.05) is 25.9 Å². The highest BCUT2D eigenvalue weighted by molar-refractivity contribution is 7.98. The fraction of sp³-hybridized carbons (Fsp3) is 0.556. The number of thioether (sulfide) groups is 1. The number of carbonyl (C=O) groups excluding carboxylic acids is 2. The van der Waals surface area contributed by atoms with E-state index in [2.05, 4.69) is 0 Å². The molecule has 24 heavy (non-hydrogen) atoms. The van der Waals surface area contributed by atoms with Crippen LogP contribution in [0.5, 0.6) is 0 Å². The van der Waals surface area contributed by atoms with Gasteiger partial charge in [-0.25, -0.2) is 0 Å². The zero-order chi connectivity index (χ0) is 17.7. The van der Waals surface area contributed by atoms with E-state index in [0.717, 1.165) is 5.56 Å². The average molecular weight is 350 g/mol. The van der Waals surface area contributed by atoms with Crippen molar-refractivity contribution in [3.63, 3.8) is 0 Å². The first-order chi connectivity index (χ1) is 11.5. The number of hydrogen-bond acceptors (Lipinski definition) is 4. The Labute approximate surface area is 148 Å². The SMILES string of the molecule is CCN(CC)C(=O)[C@@H]1C[C@H](N)CN1C(=O)Cc1ccc(SC)cc1. The lowest BCUT2D eigenvalue weighted by Gasteiger charge is -2.29. The molecule has 1 heterocycles. The molecule has 2 atom stereocenters. The van der Waals surface area contributed by atoms with E-state index in [9.17, 15) is 9.59 Å². The van der Waals surface area contributed by atoms with E-state index >= 15 is 0 Å². The number of nitrogens with zero attached hydrogens (tertiary/aromatic N) is 2. The first kappa shape index (κ1) is 18.8. The van der Waals surface area contributed by atoms with Crippen molar-refractivity contribution in [3.05, 3.63) is 29.8 Å². The number of hydrogen-bond donors (Lipinski definition) is 1. The van der Waals surface area contributed by atoms with Crippen molar-refractivity contribution in [2.24, 2.45) is 5.73 Å². The Balaban J connectivity index is 2.09. The van der Waals surface area contributed by atoms with Gasteiger partial charge in [0.25, 0.3) is 0 Å². The minimum atomic E-state index is -0.419. The van der Waals surface area contributed by atoms with E-state index in [1.54, 1.807) is 21.6 Å². The predicted molar refractivity (Wildman–Crippen MR) is 97.9 cm³/mol. The van der Waals surface area contributed by atoms with E-state index in [0.29, 0.717) is 32.5 Å². The molecule has 2 amide bonds. The summed E-state index contributed by atoms with van der Waals surface area (Å²) in [6, 6.07) is 7.43. The molecule has 1 aliphatic heterocycles. The van der Waals surface area contributed by atoms with Crippen LogP contribution >= 0.6 is 11.8 Å². The first-order valence-electron chi connectivity index (χ1n) is 8.46. The number of benzene rings is 1. The molecule has 0 bridgehead atoms. The van der Waals surface area contributed by atoms with Crippen LogP contribution in [0.2, 0.25) is 0 Å². The Morgan fingerprint density at radius 3 is 2.42 bits per heavy atom. The minimum Gasteiger partial charge on any atom is -0.341 e. The molecule has 5 nitrogen and oxygen atoms in total. The van der Waals surface area contributed by atoms with Gasteiger partial charge in [0.05, 0.1) is 6.42 Å². The van der Waals surface area contributed by atoms with E-state index in [-0.39, 0.29) is 17.9 Å². The monoisotopic (exact) mass is 349 g/mol. The second kappa shape index (κ2) is 8.53. The quantitative estimate of drug-likeness (QED) is 0.795. The van der Waals surface area contributed by atoms with E-state index in [1.165, 1.54) is 4.90 Å². The third-order valence-electron chi connectivity index (χ3n) is 4.53. The molecule has 0 unspecified atom stereocenters. The highest BCUT2D eigenvalue weighted by atomic mass is 32.2. The van der Waals surface area contributed by atoms with E-state index < -0.39 is 6.04 Å². The van der Waals surface area contributed by atoms with Gasteiger partial charge in [0, 0.05) is 30.6 Å². The first-order valence-corrected chi connectivity index (χ1v) is 9.69. The van der Waals surface area contributed by atoms with Gasteiger partial charge in [-0.15, -0.1) is 11.8 Å². The van der Waals surface area contributed by atoms with Crippen LogP contribution in [0.15, 0.2) is 29.2 Å². The van der Waals surface area contributed by atoms with Crippen molar-refractivity contribution in [3.8, 4) is 0 Å². The number of likely N-dealkylation sites (tertiary alicyclic amines) is 1. The summed E-state index contributed by atoms with van der Waals surface area (Å²) in [5, 5.41) is 0. The van der Waals surface area contributed by atoms with Gasteiger partial charge in [-0.3, -0.25) is 9.59 Å². The molecule has 2 N–H and O–H groups in total. The van der Waals surface area contributed by atoms with Gasteiger partial charge < -0.3 is 15.5 Å². The molecule has 1 aliphatic rings. The second-order valence-corrected chi connectivity index (χ2v) is 6.97. The summed E-state index contributed by atoms with van der Waals surface area (Å²) in [6.07, 6.45) is 2.88. The fourth-order valence-electron chi connectivity index (χ4n) is 3.14. The molecule has 1 aromatic carbocycles. The molecule has 1 aromatic rings. The van der Waals surface area contributed by atoms with Crippen molar-refractivity contribution in [1.29, 1.82) is 0 Å². The normalized spacial score (nSPS) is 20.2. The third kappa shape index (κ3) is 4.30. The van der Waals surface area contributed by atoms with Gasteiger partial charge >= 0.3 is 0 Å². The highest BCUT2D eigenvalue weighted by Gasteiger charge is 2.39. The molecule has 132 valence electrons. The lowest BCUT2D eigenvalue weighted by atomic mass is 10.1. The van der Waals surface area contributed by atoms with Crippen molar-refractivity contribution in [2.45, 2.75) is 43.7 Å². The van der Waals surface area contributed by atoms with Gasteiger partial charge in [0.1, 0.15) is 6.04 Å². The Morgan fingerprint density at radius 2 is 1.88 bits per heavy atom. The zero-order valence-corrected chi connectivity index (χ0v) is 15.5. The van der Waals surface area contributed by atoms with Crippen LogP contribution in [0.4, 0.5) is 0 Å². The van der Waals surface area contributed by atoms with Gasteiger partial charge in [-0.05, 0) is 44.2 Å². The van der Waals surface area contributed by atoms with Crippen LogP contribution in [0, 0.1) is 0 Å². The van der Waals surface area contributed by atoms with Crippen molar-refractivity contribution >= 4 is 23.6 Å². The van der Waals surface area contributed by atoms with Crippen LogP contribution in [-0.4, -0.2) is 59.6 Å². The standard InChI is InChI=1S/C18H27N3O2S/c1-4-20(5-2)18(23)16-11-14(19)12-21(16)17(22)10-13-6-8-15(24-3)9-7-13/h6-9,14,16H,4-5,10-12,19H2,1-3H3/t14-,16-/m0/s1. The van der Waals surface area contributed by atoms with Crippen LogP contribution in [0.1, 0.15) is 25.8 Å². The predicted octanol–water partition coefficient (Wildman–Crippen LogP) is 1.75. The number of nitrogens with two attached hydrogens (primary N) is 1. The molecular weight excluding hydrogens is 322 g/mol. The van der Waals surface area contributed by atoms with E-state index in [4.69, 9.17) is 5.73 Å². The Hall–Kier alpha value is -1.53. The average Bonchev–Trinajstić information content (AvgIpc) is 2.98. The zero-order valence-electron chi connectivity index (χ0n) is 14.7. The van der Waals surface area contributed by atoms with Crippen molar-refractivity contribution in [1.82, 2.24) is 9.80 Å². The van der Waals surface area contributed by atoms with Gasteiger partial charge in [-0.1, -0.05) is 12.1 Å². The largest absolute Gasteiger partial charge is 0.341 e. The third-order valence-corrected chi connectivity index (χ3v) is 5.27. The maximum Gasteiger partial charge on any atom is 0.245 e. The Bertz CT molecular complexity index is 572. The van der Waals surface area contributed by atoms with Gasteiger partial charge in [-0.2, -0.15) is 0 Å². The maximum atomic E-state index is 12.7. The summed E-state index contributed by atoms with van der Waals surface area (Å²) in [5.74, 6) is -0.00983. The molecule has 0 radical (unpaired) electrons. The Morgan fingerprint density at radius 1 is 1.25 bits per heavy atom. The molecule has 1 saturated heterocycles. The van der Waals surface area contributed by atoms with Crippen LogP contribution in [-0.2, 0) is 16.0 Å². The summed E-state index contributed by atoms with van der Waals surface area (Å²) < 4.78 is 0. The number of carbonyl (C=O) groups is 2. The summed E-state index contributed by atoms with van der Waals surface area (Å²) in [6.45, 7) is 5.67. The lowest BCUT2D eigenvalue weighted by molar-refractivity contribution is -0.143. The highest BCUT2D eigenvalue weighted by Crippen LogP contribution is 2.21. The Kier molecular flexibility index (Phi) is 6.69. The van der Waals surface area contributed by atoms with Crippen LogP contribution < -0.4 is 5.73 Å². The topological polar surface area (TPSA) is 66.6 Å². The number of amides is 2. The van der Waals surface area contributed by atoms with E-state index in [1.807, 2.05) is 44.4 Å². The minimum absolute atomic E-state index is 0.0130. The smallest absolute Gasteiger partial charge is 0.245 e. The number of rotatable bonds is 6. The molecule has 0 saturated carbocycles. The number of likely N-dealkylation sites (N-methyl/N-ethyl adjacent to an activating group) is 1. The van der Waals surface area contributed by atoms with Gasteiger partial charge in [0.15, 0.2) is 0 Å². The maximum absolute atomic E-state index is 12.7. The summed E-state index contributed by atoms with van der Waals surface area (Å²) in [5.41, 5.74) is 7.00. The summed E-state index contributed by atoms with van der Waals surface area (Å²) in [4.78, 5) is 30.0. The molecule has 0 spiro atoms. The molecule has 0 aromatic heterocycles. The van der Waals surface area contributed by atoms with Gasteiger partial charge in [0.2, 0.25) is 11.8 Å². The second-order valence-electron chi connectivity index (χ2n) is 6.09. The molecule has 1 fully saturated rings.